The Labute approximate surface area is 83.2 Å². The summed E-state index contributed by atoms with van der Waals surface area (Å²) in [6.07, 6.45) is 1.48. The van der Waals surface area contributed by atoms with Crippen molar-refractivity contribution in [2.45, 2.75) is 31.7 Å². The molecule has 2 aliphatic carbocycles. The van der Waals surface area contributed by atoms with Crippen molar-refractivity contribution in [2.24, 2.45) is 23.5 Å². The van der Waals surface area contributed by atoms with Crippen molar-refractivity contribution in [1.82, 2.24) is 5.32 Å². The van der Waals surface area contributed by atoms with E-state index in [4.69, 9.17) is 5.73 Å². The zero-order chi connectivity index (χ0) is 10.1. The molecule has 4 atom stereocenters. The lowest BCUT2D eigenvalue weighted by Gasteiger charge is -2.28. The normalized spacial score (nSPS) is 41.1. The number of rotatable bonds is 4. The molecule has 0 heterocycles. The lowest BCUT2D eigenvalue weighted by molar-refractivity contribution is 0.141. The molecule has 0 aromatic heterocycles. The van der Waals surface area contributed by atoms with Crippen LogP contribution >= 0.6 is 0 Å². The molecule has 2 bridgehead atoms. The first-order valence-corrected chi connectivity index (χ1v) is 5.43. The predicted molar refractivity (Wildman–Crippen MR) is 51.2 cm³/mol. The maximum atomic E-state index is 11.9. The third-order valence-electron chi connectivity index (χ3n) is 3.84. The van der Waals surface area contributed by atoms with Gasteiger partial charge in [0, 0.05) is 6.04 Å². The molecule has 2 aliphatic rings. The van der Waals surface area contributed by atoms with E-state index < -0.39 is 6.43 Å². The van der Waals surface area contributed by atoms with Gasteiger partial charge in [-0.15, -0.1) is 0 Å². The molecule has 2 nitrogen and oxygen atoms in total. The highest BCUT2D eigenvalue weighted by molar-refractivity contribution is 4.99. The fourth-order valence-electron chi connectivity index (χ4n) is 3.12. The van der Waals surface area contributed by atoms with Crippen LogP contribution in [0.5, 0.6) is 0 Å². The van der Waals surface area contributed by atoms with Crippen LogP contribution in [0.25, 0.3) is 0 Å². The summed E-state index contributed by atoms with van der Waals surface area (Å²) in [6.45, 7) is 0.479. The second-order valence-electron chi connectivity index (χ2n) is 4.62. The molecule has 0 aromatic rings. The summed E-state index contributed by atoms with van der Waals surface area (Å²) in [5, 5.41) is 2.81. The van der Waals surface area contributed by atoms with Crippen LogP contribution in [-0.2, 0) is 0 Å². The highest BCUT2D eigenvalue weighted by Crippen LogP contribution is 2.47. The van der Waals surface area contributed by atoms with E-state index in [0.717, 1.165) is 0 Å². The van der Waals surface area contributed by atoms with Gasteiger partial charge in [0.2, 0.25) is 0 Å². The molecule has 0 saturated heterocycles. The van der Waals surface area contributed by atoms with E-state index in [2.05, 4.69) is 5.32 Å². The quantitative estimate of drug-likeness (QED) is 0.722. The van der Waals surface area contributed by atoms with Gasteiger partial charge in [-0.25, -0.2) is 8.78 Å². The molecule has 2 rings (SSSR count). The third-order valence-corrected chi connectivity index (χ3v) is 3.84. The average molecular weight is 204 g/mol. The number of fused-ring (bicyclic) bond motifs is 2. The summed E-state index contributed by atoms with van der Waals surface area (Å²) in [5.41, 5.74) is 6.05. The second-order valence-corrected chi connectivity index (χ2v) is 4.62. The van der Waals surface area contributed by atoms with Crippen LogP contribution in [0, 0.1) is 17.8 Å². The zero-order valence-electron chi connectivity index (χ0n) is 8.26. The minimum atomic E-state index is -2.25. The molecular weight excluding hydrogens is 186 g/mol. The molecule has 14 heavy (non-hydrogen) atoms. The first kappa shape index (κ1) is 10.3. The van der Waals surface area contributed by atoms with Gasteiger partial charge < -0.3 is 11.1 Å². The molecule has 0 spiro atoms. The summed E-state index contributed by atoms with van der Waals surface area (Å²) >= 11 is 0. The predicted octanol–water partition coefficient (Wildman–Crippen LogP) is 1.21. The fraction of sp³-hybridized carbons (Fsp3) is 1.00. The Morgan fingerprint density at radius 2 is 2.00 bits per heavy atom. The van der Waals surface area contributed by atoms with Crippen molar-refractivity contribution in [1.29, 1.82) is 0 Å². The molecule has 3 N–H and O–H groups in total. The Balaban J connectivity index is 1.76. The lowest BCUT2D eigenvalue weighted by Crippen LogP contribution is -2.42. The third kappa shape index (κ3) is 1.91. The molecule has 4 heteroatoms. The van der Waals surface area contributed by atoms with Crippen LogP contribution in [0.1, 0.15) is 19.3 Å². The standard InChI is InChI=1S/C10H18F2N2/c11-9(12)5-14-4-8-6-1-2-7(3-6)10(8)13/h6-10,14H,1-5,13H2. The highest BCUT2D eigenvalue weighted by Gasteiger charge is 2.45. The van der Waals surface area contributed by atoms with Crippen molar-refractivity contribution in [3.05, 3.63) is 0 Å². The van der Waals surface area contributed by atoms with E-state index in [1.165, 1.54) is 19.3 Å². The van der Waals surface area contributed by atoms with E-state index in [1.807, 2.05) is 0 Å². The molecule has 0 aliphatic heterocycles. The van der Waals surface area contributed by atoms with Crippen molar-refractivity contribution in [3.63, 3.8) is 0 Å². The number of alkyl halides is 2. The molecule has 82 valence electrons. The van der Waals surface area contributed by atoms with Gasteiger partial charge in [-0.2, -0.15) is 0 Å². The van der Waals surface area contributed by atoms with Crippen LogP contribution in [0.2, 0.25) is 0 Å². The van der Waals surface area contributed by atoms with E-state index in [0.29, 0.717) is 24.3 Å². The first-order chi connectivity index (χ1) is 6.68. The summed E-state index contributed by atoms with van der Waals surface area (Å²) in [6, 6.07) is 0.249. The SMILES string of the molecule is NC1C2CCC(C2)C1CNCC(F)F. The van der Waals surface area contributed by atoms with Crippen LogP contribution in [0.4, 0.5) is 8.78 Å². The van der Waals surface area contributed by atoms with Crippen LogP contribution in [0.3, 0.4) is 0 Å². The maximum Gasteiger partial charge on any atom is 0.250 e. The summed E-state index contributed by atoms with van der Waals surface area (Å²) < 4.78 is 23.8. The Bertz CT molecular complexity index is 197. The molecule has 2 saturated carbocycles. The number of nitrogens with two attached hydrogens (primary N) is 1. The minimum absolute atomic E-state index is 0.194. The van der Waals surface area contributed by atoms with Crippen molar-refractivity contribution < 1.29 is 8.78 Å². The second kappa shape index (κ2) is 4.11. The number of halogens is 2. The molecule has 2 fully saturated rings. The Kier molecular flexibility index (Phi) is 3.02. The zero-order valence-corrected chi connectivity index (χ0v) is 8.26. The van der Waals surface area contributed by atoms with E-state index >= 15 is 0 Å². The van der Waals surface area contributed by atoms with Gasteiger partial charge in [0.05, 0.1) is 6.54 Å². The van der Waals surface area contributed by atoms with E-state index in [-0.39, 0.29) is 12.6 Å². The monoisotopic (exact) mass is 204 g/mol. The van der Waals surface area contributed by atoms with Gasteiger partial charge in [0.25, 0.3) is 6.43 Å². The van der Waals surface area contributed by atoms with Gasteiger partial charge in [-0.05, 0) is 43.6 Å². The lowest BCUT2D eigenvalue weighted by atomic mass is 9.85. The molecule has 0 amide bonds. The molecule has 4 unspecified atom stereocenters. The van der Waals surface area contributed by atoms with Crippen LogP contribution in [0.15, 0.2) is 0 Å². The smallest absolute Gasteiger partial charge is 0.250 e. The maximum absolute atomic E-state index is 11.9. The molecule has 0 radical (unpaired) electrons. The fourth-order valence-corrected chi connectivity index (χ4v) is 3.12. The number of hydrogen-bond acceptors (Lipinski definition) is 2. The van der Waals surface area contributed by atoms with Gasteiger partial charge >= 0.3 is 0 Å². The molecular formula is C10H18F2N2. The minimum Gasteiger partial charge on any atom is -0.327 e. The Hall–Kier alpha value is -0.220. The summed E-state index contributed by atoms with van der Waals surface area (Å²) in [7, 11) is 0. The number of nitrogens with one attached hydrogen (secondary N) is 1. The Morgan fingerprint density at radius 1 is 1.29 bits per heavy atom. The van der Waals surface area contributed by atoms with E-state index in [1.54, 1.807) is 0 Å². The number of hydrogen-bond donors (Lipinski definition) is 2. The average Bonchev–Trinajstić information content (AvgIpc) is 2.68. The Morgan fingerprint density at radius 3 is 2.57 bits per heavy atom. The van der Waals surface area contributed by atoms with Crippen molar-refractivity contribution in [2.75, 3.05) is 13.1 Å². The first-order valence-electron chi connectivity index (χ1n) is 5.43. The largest absolute Gasteiger partial charge is 0.327 e. The van der Waals surface area contributed by atoms with Crippen LogP contribution in [-0.4, -0.2) is 25.6 Å². The van der Waals surface area contributed by atoms with Gasteiger partial charge in [-0.3, -0.25) is 0 Å². The summed E-state index contributed by atoms with van der Waals surface area (Å²) in [5.74, 6) is 1.80. The van der Waals surface area contributed by atoms with Crippen molar-refractivity contribution >= 4 is 0 Å². The van der Waals surface area contributed by atoms with Gasteiger partial charge in [0.1, 0.15) is 0 Å². The van der Waals surface area contributed by atoms with E-state index in [9.17, 15) is 8.78 Å². The summed E-state index contributed by atoms with van der Waals surface area (Å²) in [4.78, 5) is 0. The van der Waals surface area contributed by atoms with Gasteiger partial charge in [0.15, 0.2) is 0 Å². The van der Waals surface area contributed by atoms with Crippen molar-refractivity contribution in [3.8, 4) is 0 Å². The topological polar surface area (TPSA) is 38.0 Å². The van der Waals surface area contributed by atoms with Crippen LogP contribution < -0.4 is 11.1 Å². The highest BCUT2D eigenvalue weighted by atomic mass is 19.3. The molecule has 0 aromatic carbocycles. The van der Waals surface area contributed by atoms with Gasteiger partial charge in [-0.1, -0.05) is 0 Å².